The highest BCUT2D eigenvalue weighted by atomic mass is 16.3. The molecular formula is C24H24N4O. The van der Waals surface area contributed by atoms with Crippen LogP contribution in [0.3, 0.4) is 0 Å². The molecule has 4 aromatic rings. The molecule has 29 heavy (non-hydrogen) atoms. The molecule has 0 radical (unpaired) electrons. The van der Waals surface area contributed by atoms with Gasteiger partial charge in [-0.05, 0) is 31.0 Å². The van der Waals surface area contributed by atoms with Crippen LogP contribution in [0.15, 0.2) is 71.5 Å². The second-order valence-electron chi connectivity index (χ2n) is 7.69. The Kier molecular flexibility index (Phi) is 4.64. The lowest BCUT2D eigenvalue weighted by Crippen LogP contribution is -2.12. The quantitative estimate of drug-likeness (QED) is 0.471. The highest BCUT2D eigenvalue weighted by Gasteiger charge is 2.17. The minimum Gasteiger partial charge on any atom is -0.456 e. The molecule has 5 rings (SSSR count). The molecule has 0 bridgehead atoms. The van der Waals surface area contributed by atoms with E-state index in [1.54, 1.807) is 0 Å². The SMILES string of the molecule is Nc1ncc(-c2cnn(C3CCCCC3)c2)cc1-c1ccc(-c2ccccc2)o1. The highest BCUT2D eigenvalue weighted by Crippen LogP contribution is 2.34. The summed E-state index contributed by atoms with van der Waals surface area (Å²) in [6, 6.07) is 16.5. The average molecular weight is 384 g/mol. The van der Waals surface area contributed by atoms with Crippen LogP contribution in [0, 0.1) is 0 Å². The number of hydrogen-bond acceptors (Lipinski definition) is 4. The largest absolute Gasteiger partial charge is 0.456 e. The summed E-state index contributed by atoms with van der Waals surface area (Å²) in [4.78, 5) is 4.42. The fourth-order valence-electron chi connectivity index (χ4n) is 4.10. The molecule has 0 aliphatic heterocycles. The third-order valence-electron chi connectivity index (χ3n) is 5.73. The summed E-state index contributed by atoms with van der Waals surface area (Å²) in [5.41, 5.74) is 10.1. The Morgan fingerprint density at radius 3 is 2.48 bits per heavy atom. The van der Waals surface area contributed by atoms with Gasteiger partial charge in [-0.1, -0.05) is 49.6 Å². The highest BCUT2D eigenvalue weighted by molar-refractivity contribution is 5.77. The van der Waals surface area contributed by atoms with Gasteiger partial charge in [-0.3, -0.25) is 4.68 Å². The van der Waals surface area contributed by atoms with Crippen LogP contribution < -0.4 is 5.73 Å². The van der Waals surface area contributed by atoms with Crippen molar-refractivity contribution in [2.45, 2.75) is 38.1 Å². The summed E-state index contributed by atoms with van der Waals surface area (Å²) in [6.07, 6.45) is 12.2. The molecule has 3 heterocycles. The average Bonchev–Trinajstić information content (AvgIpc) is 3.46. The lowest BCUT2D eigenvalue weighted by molar-refractivity contribution is 0.329. The summed E-state index contributed by atoms with van der Waals surface area (Å²) < 4.78 is 8.20. The number of nitrogens with zero attached hydrogens (tertiary/aromatic N) is 3. The Labute approximate surface area is 170 Å². The summed E-state index contributed by atoms with van der Waals surface area (Å²) >= 11 is 0. The van der Waals surface area contributed by atoms with Crippen LogP contribution in [-0.2, 0) is 0 Å². The molecule has 0 atom stereocenters. The molecule has 0 unspecified atom stereocenters. The zero-order valence-electron chi connectivity index (χ0n) is 16.3. The number of aromatic nitrogens is 3. The van der Waals surface area contributed by atoms with Crippen LogP contribution in [0.5, 0.6) is 0 Å². The van der Waals surface area contributed by atoms with Crippen LogP contribution in [0.2, 0.25) is 0 Å². The van der Waals surface area contributed by atoms with Gasteiger partial charge < -0.3 is 10.2 Å². The smallest absolute Gasteiger partial charge is 0.138 e. The fraction of sp³-hybridized carbons (Fsp3) is 0.250. The Morgan fingerprint density at radius 2 is 1.66 bits per heavy atom. The normalized spacial score (nSPS) is 14.9. The lowest BCUT2D eigenvalue weighted by Gasteiger charge is -2.21. The van der Waals surface area contributed by atoms with Crippen molar-refractivity contribution in [3.8, 4) is 33.8 Å². The molecule has 1 aliphatic carbocycles. The number of nitrogens with two attached hydrogens (primary N) is 1. The van der Waals surface area contributed by atoms with Gasteiger partial charge in [0, 0.05) is 29.1 Å². The first-order valence-electron chi connectivity index (χ1n) is 10.2. The Hall–Kier alpha value is -3.34. The molecule has 5 heteroatoms. The zero-order chi connectivity index (χ0) is 19.6. The van der Waals surface area contributed by atoms with Crippen molar-refractivity contribution >= 4 is 5.82 Å². The summed E-state index contributed by atoms with van der Waals surface area (Å²) in [5.74, 6) is 1.99. The van der Waals surface area contributed by atoms with E-state index in [2.05, 4.69) is 21.0 Å². The van der Waals surface area contributed by atoms with Gasteiger partial charge in [0.1, 0.15) is 17.3 Å². The molecule has 0 saturated heterocycles. The van der Waals surface area contributed by atoms with E-state index < -0.39 is 0 Å². The lowest BCUT2D eigenvalue weighted by atomic mass is 9.96. The van der Waals surface area contributed by atoms with Gasteiger partial charge in [-0.15, -0.1) is 0 Å². The van der Waals surface area contributed by atoms with Crippen LogP contribution in [0.1, 0.15) is 38.1 Å². The van der Waals surface area contributed by atoms with Crippen molar-refractivity contribution in [2.24, 2.45) is 0 Å². The van der Waals surface area contributed by atoms with E-state index in [0.717, 1.165) is 33.8 Å². The van der Waals surface area contributed by atoms with Crippen molar-refractivity contribution in [3.05, 3.63) is 67.1 Å². The molecule has 0 spiro atoms. The maximum absolute atomic E-state index is 6.18. The van der Waals surface area contributed by atoms with Gasteiger partial charge in [0.05, 0.1) is 17.8 Å². The molecule has 3 aromatic heterocycles. The summed E-state index contributed by atoms with van der Waals surface area (Å²) in [7, 11) is 0. The first-order chi connectivity index (χ1) is 14.3. The second-order valence-corrected chi connectivity index (χ2v) is 7.69. The predicted molar refractivity (Wildman–Crippen MR) is 115 cm³/mol. The minimum atomic E-state index is 0.461. The molecular weight excluding hydrogens is 360 g/mol. The van der Waals surface area contributed by atoms with Crippen molar-refractivity contribution in [1.82, 2.24) is 14.8 Å². The molecule has 146 valence electrons. The van der Waals surface area contributed by atoms with E-state index in [1.807, 2.05) is 60.9 Å². The Bertz CT molecular complexity index is 1110. The van der Waals surface area contributed by atoms with Gasteiger partial charge in [-0.25, -0.2) is 4.98 Å². The van der Waals surface area contributed by atoms with E-state index in [-0.39, 0.29) is 0 Å². The summed E-state index contributed by atoms with van der Waals surface area (Å²) in [5, 5.41) is 4.62. The standard InChI is InChI=1S/C24H24N4O/c25-24-21(23-12-11-22(29-23)17-7-3-1-4-8-17)13-18(14-26-24)19-15-27-28(16-19)20-9-5-2-6-10-20/h1,3-4,7-8,11-16,20H,2,5-6,9-10H2,(H2,25,26). The topological polar surface area (TPSA) is 69.9 Å². The molecule has 1 aliphatic rings. The van der Waals surface area contributed by atoms with E-state index >= 15 is 0 Å². The van der Waals surface area contributed by atoms with Crippen LogP contribution >= 0.6 is 0 Å². The molecule has 2 N–H and O–H groups in total. The van der Waals surface area contributed by atoms with Crippen molar-refractivity contribution in [2.75, 3.05) is 5.73 Å². The monoisotopic (exact) mass is 384 g/mol. The maximum Gasteiger partial charge on any atom is 0.138 e. The fourth-order valence-corrected chi connectivity index (χ4v) is 4.10. The number of benzene rings is 1. The number of anilines is 1. The molecule has 1 aromatic carbocycles. The number of pyridine rings is 1. The van der Waals surface area contributed by atoms with Gasteiger partial charge >= 0.3 is 0 Å². The van der Waals surface area contributed by atoms with Crippen molar-refractivity contribution < 1.29 is 4.42 Å². The first kappa shape index (κ1) is 17.7. The van der Waals surface area contributed by atoms with Crippen molar-refractivity contribution in [3.63, 3.8) is 0 Å². The van der Waals surface area contributed by atoms with E-state index in [9.17, 15) is 0 Å². The third-order valence-corrected chi connectivity index (χ3v) is 5.73. The minimum absolute atomic E-state index is 0.461. The Balaban J connectivity index is 1.45. The number of furan rings is 1. The number of rotatable bonds is 4. The molecule has 0 amide bonds. The Morgan fingerprint density at radius 1 is 0.862 bits per heavy atom. The predicted octanol–water partition coefficient (Wildman–Crippen LogP) is 5.96. The van der Waals surface area contributed by atoms with E-state index in [1.165, 1.54) is 32.1 Å². The van der Waals surface area contributed by atoms with Crippen molar-refractivity contribution in [1.29, 1.82) is 0 Å². The second kappa shape index (κ2) is 7.59. The van der Waals surface area contributed by atoms with Crippen LogP contribution in [0.25, 0.3) is 33.8 Å². The van der Waals surface area contributed by atoms with Crippen LogP contribution in [0.4, 0.5) is 5.82 Å². The zero-order valence-corrected chi connectivity index (χ0v) is 16.3. The van der Waals surface area contributed by atoms with Gasteiger partial charge in [0.25, 0.3) is 0 Å². The van der Waals surface area contributed by atoms with Gasteiger partial charge in [-0.2, -0.15) is 5.10 Å². The first-order valence-corrected chi connectivity index (χ1v) is 10.2. The van der Waals surface area contributed by atoms with E-state index in [0.29, 0.717) is 11.9 Å². The summed E-state index contributed by atoms with van der Waals surface area (Å²) in [6.45, 7) is 0. The number of hydrogen-bond donors (Lipinski definition) is 1. The van der Waals surface area contributed by atoms with Gasteiger partial charge in [0.15, 0.2) is 0 Å². The molecule has 5 nitrogen and oxygen atoms in total. The van der Waals surface area contributed by atoms with Crippen LogP contribution in [-0.4, -0.2) is 14.8 Å². The number of nitrogen functional groups attached to an aromatic ring is 1. The molecule has 1 saturated carbocycles. The van der Waals surface area contributed by atoms with Gasteiger partial charge in [0.2, 0.25) is 0 Å². The maximum atomic E-state index is 6.18. The third kappa shape index (κ3) is 3.56. The molecule has 1 fully saturated rings. The van der Waals surface area contributed by atoms with E-state index in [4.69, 9.17) is 10.2 Å².